The molecule has 0 saturated carbocycles. The lowest BCUT2D eigenvalue weighted by molar-refractivity contribution is -0.131. The van der Waals surface area contributed by atoms with Crippen molar-refractivity contribution >= 4 is 18.0 Å². The van der Waals surface area contributed by atoms with Gasteiger partial charge in [0.05, 0.1) is 0 Å². The number of carboxylic acid groups (broad SMARTS) is 1. The number of nitrogens with one attached hydrogen (secondary N) is 2. The average molecular weight is 394 g/mol. The van der Waals surface area contributed by atoms with Crippen molar-refractivity contribution in [3.8, 4) is 11.1 Å². The van der Waals surface area contributed by atoms with E-state index in [1.54, 1.807) is 0 Å². The number of alkyl carbamates (subject to hydrolysis) is 1. The SMILES string of the molecule is C[C@H](NC(=O)OCC1c2ccccc2-c2ccccc21)C(=O)NC/C=C/C(=O)O. The minimum atomic E-state index is -1.09. The first-order chi connectivity index (χ1) is 14.0. The van der Waals surface area contributed by atoms with Crippen LogP contribution >= 0.6 is 0 Å². The van der Waals surface area contributed by atoms with Gasteiger partial charge >= 0.3 is 12.1 Å². The van der Waals surface area contributed by atoms with E-state index in [4.69, 9.17) is 9.84 Å². The molecule has 0 unspecified atom stereocenters. The first-order valence-corrected chi connectivity index (χ1v) is 9.26. The van der Waals surface area contributed by atoms with Crippen molar-refractivity contribution in [1.82, 2.24) is 10.6 Å². The molecule has 0 saturated heterocycles. The third-order valence-electron chi connectivity index (χ3n) is 4.73. The molecule has 3 rings (SSSR count). The first-order valence-electron chi connectivity index (χ1n) is 9.26. The quantitative estimate of drug-likeness (QED) is 0.626. The van der Waals surface area contributed by atoms with Crippen LogP contribution in [-0.2, 0) is 14.3 Å². The summed E-state index contributed by atoms with van der Waals surface area (Å²) < 4.78 is 5.40. The van der Waals surface area contributed by atoms with Crippen molar-refractivity contribution in [2.24, 2.45) is 0 Å². The van der Waals surface area contributed by atoms with Gasteiger partial charge in [0.2, 0.25) is 5.91 Å². The van der Waals surface area contributed by atoms with Crippen LogP contribution in [0.4, 0.5) is 4.79 Å². The molecule has 29 heavy (non-hydrogen) atoms. The lowest BCUT2D eigenvalue weighted by atomic mass is 9.98. The molecule has 7 nitrogen and oxygen atoms in total. The van der Waals surface area contributed by atoms with Gasteiger partial charge in [-0.2, -0.15) is 0 Å². The number of hydrogen-bond donors (Lipinski definition) is 3. The van der Waals surface area contributed by atoms with Gasteiger partial charge < -0.3 is 20.5 Å². The Hall–Kier alpha value is -3.61. The minimum Gasteiger partial charge on any atom is -0.478 e. The Morgan fingerprint density at radius 1 is 1.07 bits per heavy atom. The number of rotatable bonds is 7. The van der Waals surface area contributed by atoms with E-state index in [-0.39, 0.29) is 19.1 Å². The molecule has 7 heteroatoms. The van der Waals surface area contributed by atoms with Crippen molar-refractivity contribution < 1.29 is 24.2 Å². The van der Waals surface area contributed by atoms with Gasteiger partial charge in [0.1, 0.15) is 12.6 Å². The molecule has 2 amide bonds. The summed E-state index contributed by atoms with van der Waals surface area (Å²) in [6.07, 6.45) is 1.56. The van der Waals surface area contributed by atoms with Gasteiger partial charge in [-0.05, 0) is 29.2 Å². The third-order valence-corrected chi connectivity index (χ3v) is 4.73. The number of carboxylic acids is 1. The summed E-state index contributed by atoms with van der Waals surface area (Å²) >= 11 is 0. The highest BCUT2D eigenvalue weighted by molar-refractivity contribution is 5.85. The van der Waals surface area contributed by atoms with Crippen LogP contribution in [0.1, 0.15) is 24.0 Å². The smallest absolute Gasteiger partial charge is 0.407 e. The van der Waals surface area contributed by atoms with E-state index in [0.29, 0.717) is 0 Å². The second-order valence-corrected chi connectivity index (χ2v) is 6.68. The summed E-state index contributed by atoms with van der Waals surface area (Å²) in [7, 11) is 0. The maximum absolute atomic E-state index is 12.2. The number of amides is 2. The average Bonchev–Trinajstić information content (AvgIpc) is 3.03. The van der Waals surface area contributed by atoms with E-state index in [0.717, 1.165) is 28.3 Å². The van der Waals surface area contributed by atoms with Gasteiger partial charge in [0.15, 0.2) is 0 Å². The highest BCUT2D eigenvalue weighted by Gasteiger charge is 2.29. The Kier molecular flexibility index (Phi) is 6.29. The van der Waals surface area contributed by atoms with Crippen LogP contribution in [0.3, 0.4) is 0 Å². The van der Waals surface area contributed by atoms with Gasteiger partial charge in [-0.3, -0.25) is 4.79 Å². The molecule has 1 aliphatic carbocycles. The summed E-state index contributed by atoms with van der Waals surface area (Å²) in [4.78, 5) is 34.5. The second kappa shape index (κ2) is 9.05. The van der Waals surface area contributed by atoms with Gasteiger partial charge in [-0.25, -0.2) is 9.59 Å². The first kappa shape index (κ1) is 20.1. The summed E-state index contributed by atoms with van der Waals surface area (Å²) in [6.45, 7) is 1.75. The maximum atomic E-state index is 12.2. The monoisotopic (exact) mass is 394 g/mol. The topological polar surface area (TPSA) is 105 Å². The number of carbonyl (C=O) groups excluding carboxylic acids is 2. The molecule has 0 spiro atoms. The maximum Gasteiger partial charge on any atom is 0.407 e. The highest BCUT2D eigenvalue weighted by Crippen LogP contribution is 2.44. The zero-order chi connectivity index (χ0) is 20.8. The van der Waals surface area contributed by atoms with E-state index >= 15 is 0 Å². The Balaban J connectivity index is 1.54. The van der Waals surface area contributed by atoms with E-state index in [1.807, 2.05) is 36.4 Å². The number of ether oxygens (including phenoxy) is 1. The second-order valence-electron chi connectivity index (χ2n) is 6.68. The van der Waals surface area contributed by atoms with Gasteiger partial charge in [0.25, 0.3) is 0 Å². The van der Waals surface area contributed by atoms with Crippen molar-refractivity contribution in [2.45, 2.75) is 18.9 Å². The fraction of sp³-hybridized carbons (Fsp3) is 0.227. The lowest BCUT2D eigenvalue weighted by Gasteiger charge is -2.17. The molecule has 0 fully saturated rings. The molecule has 1 atom stereocenters. The molecule has 0 heterocycles. The normalized spacial score (nSPS) is 13.4. The van der Waals surface area contributed by atoms with Crippen LogP contribution in [0.2, 0.25) is 0 Å². The van der Waals surface area contributed by atoms with E-state index in [9.17, 15) is 14.4 Å². The fourth-order valence-corrected chi connectivity index (χ4v) is 3.35. The van der Waals surface area contributed by atoms with Crippen LogP contribution in [0.15, 0.2) is 60.7 Å². The highest BCUT2D eigenvalue weighted by atomic mass is 16.5. The van der Waals surface area contributed by atoms with Crippen LogP contribution in [0.25, 0.3) is 11.1 Å². The predicted molar refractivity (Wildman–Crippen MR) is 107 cm³/mol. The van der Waals surface area contributed by atoms with E-state index in [2.05, 4.69) is 22.8 Å². The molecule has 150 valence electrons. The Bertz CT molecular complexity index is 908. The molecule has 3 N–H and O–H groups in total. The Morgan fingerprint density at radius 2 is 1.66 bits per heavy atom. The van der Waals surface area contributed by atoms with Crippen LogP contribution in [0.5, 0.6) is 0 Å². The molecule has 0 aliphatic heterocycles. The predicted octanol–water partition coefficient (Wildman–Crippen LogP) is 2.67. The molecule has 0 radical (unpaired) electrons. The fourth-order valence-electron chi connectivity index (χ4n) is 3.35. The molecular weight excluding hydrogens is 372 g/mol. The number of benzene rings is 2. The Morgan fingerprint density at radius 3 is 2.24 bits per heavy atom. The van der Waals surface area contributed by atoms with Crippen molar-refractivity contribution in [2.75, 3.05) is 13.2 Å². The van der Waals surface area contributed by atoms with Crippen LogP contribution in [-0.4, -0.2) is 42.3 Å². The molecular formula is C22H22N2O5. The minimum absolute atomic E-state index is 0.0570. The third kappa shape index (κ3) is 4.82. The lowest BCUT2D eigenvalue weighted by Crippen LogP contribution is -2.45. The Labute approximate surface area is 168 Å². The molecule has 0 aromatic heterocycles. The number of fused-ring (bicyclic) bond motifs is 3. The van der Waals surface area contributed by atoms with E-state index in [1.165, 1.54) is 13.0 Å². The molecule has 2 aromatic rings. The number of hydrogen-bond acceptors (Lipinski definition) is 4. The summed E-state index contributed by atoms with van der Waals surface area (Å²) in [5.74, 6) is -1.59. The van der Waals surface area contributed by atoms with Crippen molar-refractivity contribution in [1.29, 1.82) is 0 Å². The van der Waals surface area contributed by atoms with Crippen molar-refractivity contribution in [3.05, 3.63) is 71.8 Å². The van der Waals surface area contributed by atoms with Crippen LogP contribution in [0, 0.1) is 0 Å². The van der Waals surface area contributed by atoms with Gasteiger partial charge in [-0.1, -0.05) is 54.6 Å². The van der Waals surface area contributed by atoms with Crippen LogP contribution < -0.4 is 10.6 Å². The van der Waals surface area contributed by atoms with Crippen molar-refractivity contribution in [3.63, 3.8) is 0 Å². The zero-order valence-corrected chi connectivity index (χ0v) is 15.9. The van der Waals surface area contributed by atoms with E-state index < -0.39 is 24.0 Å². The number of carbonyl (C=O) groups is 3. The van der Waals surface area contributed by atoms with Gasteiger partial charge in [-0.15, -0.1) is 0 Å². The number of aliphatic carboxylic acids is 1. The summed E-state index contributed by atoms with van der Waals surface area (Å²) in [6, 6.07) is 15.2. The summed E-state index contributed by atoms with van der Waals surface area (Å²) in [5.41, 5.74) is 4.49. The largest absolute Gasteiger partial charge is 0.478 e. The molecule has 1 aliphatic rings. The zero-order valence-electron chi connectivity index (χ0n) is 15.9. The van der Waals surface area contributed by atoms with Gasteiger partial charge in [0, 0.05) is 18.5 Å². The summed E-state index contributed by atoms with van der Waals surface area (Å²) in [5, 5.41) is 13.5. The molecule has 0 bridgehead atoms. The molecule has 2 aromatic carbocycles. The standard InChI is InChI=1S/C22H22N2O5/c1-14(21(27)23-12-6-11-20(25)26)24-22(28)29-13-19-17-9-4-2-7-15(17)16-8-3-5-10-18(16)19/h2-11,14,19H,12-13H2,1H3,(H,23,27)(H,24,28)(H,25,26)/b11-6+/t14-/m0/s1.